The summed E-state index contributed by atoms with van der Waals surface area (Å²) in [5.74, 6) is -0.320. The van der Waals surface area contributed by atoms with Crippen LogP contribution in [-0.2, 0) is 4.79 Å². The number of aromatic nitrogens is 3. The van der Waals surface area contributed by atoms with Crippen molar-refractivity contribution in [2.24, 2.45) is 10.4 Å². The van der Waals surface area contributed by atoms with Gasteiger partial charge in [-0.3, -0.25) is 14.6 Å². The van der Waals surface area contributed by atoms with Gasteiger partial charge in [-0.15, -0.1) is 21.5 Å². The maximum Gasteiger partial charge on any atom is 0.263 e. The Morgan fingerprint density at radius 1 is 1.41 bits per heavy atom. The van der Waals surface area contributed by atoms with Crippen LogP contribution in [0.3, 0.4) is 0 Å². The molecule has 1 atom stereocenters. The van der Waals surface area contributed by atoms with Crippen molar-refractivity contribution in [3.63, 3.8) is 0 Å². The van der Waals surface area contributed by atoms with Crippen molar-refractivity contribution in [1.82, 2.24) is 25.8 Å². The van der Waals surface area contributed by atoms with Crippen LogP contribution in [-0.4, -0.2) is 58.9 Å². The van der Waals surface area contributed by atoms with Crippen molar-refractivity contribution in [3.05, 3.63) is 47.8 Å². The normalized spacial score (nSPS) is 19.8. The van der Waals surface area contributed by atoms with Gasteiger partial charge in [-0.1, -0.05) is 19.1 Å². The van der Waals surface area contributed by atoms with Gasteiger partial charge in [-0.25, -0.2) is 9.37 Å². The molecule has 1 saturated heterocycles. The highest BCUT2D eigenvalue weighted by Gasteiger charge is 2.43. The third-order valence-electron chi connectivity index (χ3n) is 6.10. The molecule has 1 aliphatic heterocycles. The molecule has 9 nitrogen and oxygen atoms in total. The van der Waals surface area contributed by atoms with Crippen LogP contribution < -0.4 is 16.0 Å². The number of anilines is 1. The predicted octanol–water partition coefficient (Wildman–Crippen LogP) is 2.91. The van der Waals surface area contributed by atoms with E-state index in [0.717, 1.165) is 19.3 Å². The van der Waals surface area contributed by atoms with E-state index in [4.69, 9.17) is 0 Å². The Morgan fingerprint density at radius 3 is 2.82 bits per heavy atom. The highest BCUT2D eigenvalue weighted by atomic mass is 32.1. The number of thiazole rings is 1. The lowest BCUT2D eigenvalue weighted by Gasteiger charge is -2.42. The van der Waals surface area contributed by atoms with E-state index < -0.39 is 6.04 Å². The van der Waals surface area contributed by atoms with E-state index >= 15 is 0 Å². The van der Waals surface area contributed by atoms with E-state index in [2.05, 4.69) is 42.7 Å². The molecule has 0 spiro atoms. The molecule has 3 N–H and O–H groups in total. The van der Waals surface area contributed by atoms with Crippen LogP contribution in [0.4, 0.5) is 10.2 Å². The number of halogens is 1. The summed E-state index contributed by atoms with van der Waals surface area (Å²) in [6, 6.07) is 3.03. The zero-order valence-corrected chi connectivity index (χ0v) is 19.6. The van der Waals surface area contributed by atoms with Gasteiger partial charge in [0.15, 0.2) is 0 Å². The lowest BCUT2D eigenvalue weighted by atomic mass is 9.65. The molecule has 11 heteroatoms. The van der Waals surface area contributed by atoms with Crippen LogP contribution >= 0.6 is 11.3 Å². The number of rotatable bonds is 9. The number of aliphatic imine (C=N–C) groups is 1. The fraction of sp³-hybridized carbons (Fsp3) is 0.391. The van der Waals surface area contributed by atoms with Gasteiger partial charge in [-0.2, -0.15) is 0 Å². The largest absolute Gasteiger partial charge is 0.368 e. The molecule has 0 radical (unpaired) electrons. The molecule has 2 aromatic heterocycles. The molecule has 2 aromatic rings. The summed E-state index contributed by atoms with van der Waals surface area (Å²) in [7, 11) is 1.60. The zero-order valence-electron chi connectivity index (χ0n) is 18.8. The van der Waals surface area contributed by atoms with Crippen molar-refractivity contribution in [1.29, 1.82) is 0 Å². The van der Waals surface area contributed by atoms with Gasteiger partial charge in [0.2, 0.25) is 5.91 Å². The zero-order chi connectivity index (χ0) is 24.1. The average Bonchev–Trinajstić information content (AvgIpc) is 3.45. The molecule has 2 fully saturated rings. The quantitative estimate of drug-likeness (QED) is 0.373. The van der Waals surface area contributed by atoms with Crippen molar-refractivity contribution in [3.8, 4) is 10.7 Å². The molecule has 3 heterocycles. The fourth-order valence-electron chi connectivity index (χ4n) is 4.14. The Balaban J connectivity index is 1.39. The first kappa shape index (κ1) is 23.7. The van der Waals surface area contributed by atoms with Crippen molar-refractivity contribution in [2.45, 2.75) is 31.7 Å². The Morgan fingerprint density at radius 2 is 2.24 bits per heavy atom. The van der Waals surface area contributed by atoms with Crippen LogP contribution in [0.15, 0.2) is 47.9 Å². The van der Waals surface area contributed by atoms with Gasteiger partial charge in [-0.05, 0) is 37.5 Å². The topological polar surface area (TPSA) is 121 Å². The number of nitrogens with zero attached hydrogens (tertiary/aromatic N) is 4. The molecule has 0 bridgehead atoms. The first-order valence-corrected chi connectivity index (χ1v) is 11.9. The Hall–Kier alpha value is -3.47. The Bertz CT molecular complexity index is 1140. The Labute approximate surface area is 200 Å². The molecule has 178 valence electrons. The molecular weight excluding hydrogens is 457 g/mol. The molecular formula is C23H26FN7O2S. The second-order valence-corrected chi connectivity index (χ2v) is 9.28. The first-order valence-electron chi connectivity index (χ1n) is 11.0. The maximum absolute atomic E-state index is 14.5. The summed E-state index contributed by atoms with van der Waals surface area (Å²) < 4.78 is 14.5. The predicted molar refractivity (Wildman–Crippen MR) is 130 cm³/mol. The van der Waals surface area contributed by atoms with E-state index in [-0.39, 0.29) is 23.1 Å². The first-order chi connectivity index (χ1) is 16.5. The second-order valence-electron chi connectivity index (χ2n) is 8.25. The second kappa shape index (κ2) is 10.2. The van der Waals surface area contributed by atoms with Gasteiger partial charge in [0.05, 0.1) is 11.9 Å². The minimum atomic E-state index is -0.513. The molecule has 0 aromatic carbocycles. The lowest BCUT2D eigenvalue weighted by Crippen LogP contribution is -2.44. The summed E-state index contributed by atoms with van der Waals surface area (Å²) in [6.07, 6.45) is 7.48. The summed E-state index contributed by atoms with van der Waals surface area (Å²) >= 11 is 1.18. The summed E-state index contributed by atoms with van der Waals surface area (Å²) in [6.45, 7) is 4.61. The number of amides is 2. The van der Waals surface area contributed by atoms with Gasteiger partial charge >= 0.3 is 0 Å². The van der Waals surface area contributed by atoms with E-state index in [9.17, 15) is 14.0 Å². The third kappa shape index (κ3) is 4.89. The molecule has 1 unspecified atom stereocenters. The van der Waals surface area contributed by atoms with E-state index in [1.165, 1.54) is 29.7 Å². The van der Waals surface area contributed by atoms with Crippen LogP contribution in [0.5, 0.6) is 0 Å². The van der Waals surface area contributed by atoms with Crippen molar-refractivity contribution >= 4 is 34.7 Å². The SMILES string of the molecule is C=C/C=C(/F)C(=NC)C1(CNc2ccc(-c3ncc(C(=O)NC4CCNC4=O)s3)nn2)CCC1. The third-order valence-corrected chi connectivity index (χ3v) is 7.12. The standard InChI is InChI=1S/C23H26FN7O2S/c1-3-5-14(24)19(25-2)23(9-4-10-23)13-28-18-7-6-16(30-31-18)22-27-12-17(34-22)21(33)29-15-8-11-26-20(15)32/h3,5-7,12,15H,1,4,8-11,13H2,2H3,(H,26,32)(H,28,31)(H,29,33)/b14-5+,25-19?. The smallest absolute Gasteiger partial charge is 0.263 e. The van der Waals surface area contributed by atoms with E-state index in [1.807, 2.05) is 0 Å². The fourth-order valence-corrected chi connectivity index (χ4v) is 4.92. The van der Waals surface area contributed by atoms with E-state index in [0.29, 0.717) is 46.6 Å². The molecule has 2 aliphatic rings. The van der Waals surface area contributed by atoms with Crippen LogP contribution in [0.25, 0.3) is 10.7 Å². The highest BCUT2D eigenvalue weighted by molar-refractivity contribution is 7.16. The molecule has 34 heavy (non-hydrogen) atoms. The summed E-state index contributed by atoms with van der Waals surface area (Å²) in [4.78, 5) is 32.9. The lowest BCUT2D eigenvalue weighted by molar-refractivity contribution is -0.120. The number of nitrogens with one attached hydrogen (secondary N) is 3. The number of carbonyl (C=O) groups is 2. The maximum atomic E-state index is 14.5. The van der Waals surface area contributed by atoms with Crippen molar-refractivity contribution < 1.29 is 14.0 Å². The van der Waals surface area contributed by atoms with Crippen LogP contribution in [0.1, 0.15) is 35.4 Å². The Kier molecular flexibility index (Phi) is 7.11. The minimum Gasteiger partial charge on any atom is -0.368 e. The average molecular weight is 484 g/mol. The van der Waals surface area contributed by atoms with Gasteiger partial charge in [0.1, 0.15) is 33.3 Å². The molecule has 1 saturated carbocycles. The molecule has 1 aliphatic carbocycles. The number of allylic oxidation sites excluding steroid dienone is 3. The minimum absolute atomic E-state index is 0.174. The van der Waals surface area contributed by atoms with Crippen molar-refractivity contribution in [2.75, 3.05) is 25.5 Å². The monoisotopic (exact) mass is 483 g/mol. The van der Waals surface area contributed by atoms with Crippen LogP contribution in [0.2, 0.25) is 0 Å². The van der Waals surface area contributed by atoms with Gasteiger partial charge < -0.3 is 16.0 Å². The van der Waals surface area contributed by atoms with Gasteiger partial charge in [0, 0.05) is 25.6 Å². The summed E-state index contributed by atoms with van der Waals surface area (Å²) in [5, 5.41) is 17.6. The number of carbonyl (C=O) groups excluding carboxylic acids is 2. The highest BCUT2D eigenvalue weighted by Crippen LogP contribution is 2.44. The van der Waals surface area contributed by atoms with Gasteiger partial charge in [0.25, 0.3) is 5.91 Å². The van der Waals surface area contributed by atoms with Crippen LogP contribution in [0, 0.1) is 5.41 Å². The number of hydrogen-bond donors (Lipinski definition) is 3. The molecule has 4 rings (SSSR count). The van der Waals surface area contributed by atoms with E-state index in [1.54, 1.807) is 19.2 Å². The molecule has 2 amide bonds. The number of hydrogen-bond acceptors (Lipinski definition) is 8. The summed E-state index contributed by atoms with van der Waals surface area (Å²) in [5.41, 5.74) is 0.591.